The molecule has 0 bridgehead atoms. The average Bonchev–Trinajstić information content (AvgIpc) is 3.48. The minimum Gasteiger partial charge on any atom is -0.493 e. The molecule has 0 radical (unpaired) electrons. The molecule has 0 atom stereocenters. The molecule has 5 aromatic rings. The summed E-state index contributed by atoms with van der Waals surface area (Å²) < 4.78 is 21.0. The van der Waals surface area contributed by atoms with Gasteiger partial charge < -0.3 is 24.1 Å². The molecule has 0 saturated heterocycles. The van der Waals surface area contributed by atoms with E-state index in [2.05, 4.69) is 76.8 Å². The SMILES string of the molecule is COc1cc(NCc2c(-c3nnc(SC(C)C)n3-c3ccccc3)n(C)c3ccccc23)cc(OC)c1OC. The van der Waals surface area contributed by atoms with E-state index in [0.29, 0.717) is 29.0 Å². The van der Waals surface area contributed by atoms with Crippen LogP contribution in [0.15, 0.2) is 71.9 Å². The van der Waals surface area contributed by atoms with Crippen molar-refractivity contribution in [3.05, 3.63) is 72.3 Å². The molecule has 9 heteroatoms. The van der Waals surface area contributed by atoms with Crippen LogP contribution in [0.2, 0.25) is 0 Å². The van der Waals surface area contributed by atoms with E-state index in [9.17, 15) is 0 Å². The van der Waals surface area contributed by atoms with Crippen LogP contribution >= 0.6 is 11.8 Å². The zero-order valence-electron chi connectivity index (χ0n) is 23.1. The summed E-state index contributed by atoms with van der Waals surface area (Å²) in [4.78, 5) is 0. The summed E-state index contributed by atoms with van der Waals surface area (Å²) in [5.41, 5.74) is 5.11. The van der Waals surface area contributed by atoms with Crippen molar-refractivity contribution in [1.29, 1.82) is 0 Å². The number of benzene rings is 3. The molecule has 3 aromatic carbocycles. The normalized spacial score (nSPS) is 11.3. The van der Waals surface area contributed by atoms with Crippen molar-refractivity contribution < 1.29 is 14.2 Å². The second kappa shape index (κ2) is 11.3. The predicted molar refractivity (Wildman–Crippen MR) is 158 cm³/mol. The van der Waals surface area contributed by atoms with E-state index >= 15 is 0 Å². The second-order valence-electron chi connectivity index (χ2n) is 9.31. The van der Waals surface area contributed by atoms with E-state index in [4.69, 9.17) is 19.3 Å². The Morgan fingerprint density at radius 2 is 1.54 bits per heavy atom. The number of hydrogen-bond acceptors (Lipinski definition) is 7. The predicted octanol–water partition coefficient (Wildman–Crippen LogP) is 6.56. The molecule has 0 aliphatic carbocycles. The number of ether oxygens (including phenoxy) is 3. The van der Waals surface area contributed by atoms with Crippen molar-refractivity contribution >= 4 is 28.4 Å². The molecule has 2 heterocycles. The maximum Gasteiger partial charge on any atom is 0.203 e. The molecule has 2 aromatic heterocycles. The van der Waals surface area contributed by atoms with E-state index < -0.39 is 0 Å². The first-order valence-corrected chi connectivity index (χ1v) is 13.6. The lowest BCUT2D eigenvalue weighted by atomic mass is 10.1. The van der Waals surface area contributed by atoms with Gasteiger partial charge in [-0.15, -0.1) is 10.2 Å². The number of aryl methyl sites for hydroxylation is 1. The zero-order chi connectivity index (χ0) is 27.5. The van der Waals surface area contributed by atoms with E-state index in [1.54, 1.807) is 33.1 Å². The smallest absolute Gasteiger partial charge is 0.203 e. The number of thioether (sulfide) groups is 1. The van der Waals surface area contributed by atoms with Crippen molar-refractivity contribution in [3.63, 3.8) is 0 Å². The van der Waals surface area contributed by atoms with E-state index in [0.717, 1.165) is 44.5 Å². The molecule has 0 aliphatic rings. The van der Waals surface area contributed by atoms with Crippen LogP contribution in [0.5, 0.6) is 17.2 Å². The largest absolute Gasteiger partial charge is 0.493 e. The lowest BCUT2D eigenvalue weighted by molar-refractivity contribution is 0.324. The quantitative estimate of drug-likeness (QED) is 0.200. The fraction of sp³-hybridized carbons (Fsp3) is 0.267. The molecule has 0 fully saturated rings. The lowest BCUT2D eigenvalue weighted by Gasteiger charge is -2.16. The molecular formula is C30H33N5O3S. The van der Waals surface area contributed by atoms with Gasteiger partial charge in [0.15, 0.2) is 22.5 Å². The van der Waals surface area contributed by atoms with Gasteiger partial charge in [0.25, 0.3) is 0 Å². The number of methoxy groups -OCH3 is 3. The summed E-state index contributed by atoms with van der Waals surface area (Å²) in [5.74, 6) is 2.54. The van der Waals surface area contributed by atoms with Gasteiger partial charge in [-0.25, -0.2) is 0 Å². The Balaban J connectivity index is 1.65. The lowest BCUT2D eigenvalue weighted by Crippen LogP contribution is -2.07. The highest BCUT2D eigenvalue weighted by molar-refractivity contribution is 7.99. The van der Waals surface area contributed by atoms with E-state index in [1.807, 2.05) is 30.3 Å². The van der Waals surface area contributed by atoms with Crippen LogP contribution in [0.25, 0.3) is 28.1 Å². The van der Waals surface area contributed by atoms with Crippen LogP contribution in [-0.2, 0) is 13.6 Å². The van der Waals surface area contributed by atoms with Crippen LogP contribution in [0.4, 0.5) is 5.69 Å². The second-order valence-corrected chi connectivity index (χ2v) is 10.9. The van der Waals surface area contributed by atoms with Gasteiger partial charge in [0, 0.05) is 58.8 Å². The van der Waals surface area contributed by atoms with Gasteiger partial charge in [-0.2, -0.15) is 0 Å². The van der Waals surface area contributed by atoms with Crippen LogP contribution in [0.1, 0.15) is 19.4 Å². The molecule has 1 N–H and O–H groups in total. The van der Waals surface area contributed by atoms with Crippen molar-refractivity contribution in [2.24, 2.45) is 7.05 Å². The molecule has 0 saturated carbocycles. The van der Waals surface area contributed by atoms with Crippen molar-refractivity contribution in [2.45, 2.75) is 30.8 Å². The Kier molecular flexibility index (Phi) is 7.70. The number of rotatable bonds is 10. The first kappa shape index (κ1) is 26.5. The maximum atomic E-state index is 5.56. The summed E-state index contributed by atoms with van der Waals surface area (Å²) in [6, 6.07) is 22.5. The van der Waals surface area contributed by atoms with Gasteiger partial charge >= 0.3 is 0 Å². The summed E-state index contributed by atoms with van der Waals surface area (Å²) in [6.45, 7) is 4.87. The topological polar surface area (TPSA) is 75.4 Å². The Bertz CT molecular complexity index is 1570. The van der Waals surface area contributed by atoms with Crippen LogP contribution in [0, 0.1) is 0 Å². The Labute approximate surface area is 232 Å². The highest BCUT2D eigenvalue weighted by Gasteiger charge is 2.25. The summed E-state index contributed by atoms with van der Waals surface area (Å²) in [6.07, 6.45) is 0. The molecule has 0 aliphatic heterocycles. The van der Waals surface area contributed by atoms with Gasteiger partial charge in [0.2, 0.25) is 5.75 Å². The Hall–Kier alpha value is -4.11. The van der Waals surface area contributed by atoms with Gasteiger partial charge in [-0.05, 0) is 18.2 Å². The fourth-order valence-corrected chi connectivity index (χ4v) is 5.64. The fourth-order valence-electron chi connectivity index (χ4n) is 4.83. The number of fused-ring (bicyclic) bond motifs is 1. The summed E-state index contributed by atoms with van der Waals surface area (Å²) in [7, 11) is 6.92. The van der Waals surface area contributed by atoms with Gasteiger partial charge in [0.05, 0.1) is 27.0 Å². The Morgan fingerprint density at radius 1 is 0.872 bits per heavy atom. The minimum atomic E-state index is 0.359. The van der Waals surface area contributed by atoms with Crippen molar-refractivity contribution in [3.8, 4) is 34.5 Å². The maximum absolute atomic E-state index is 5.56. The Morgan fingerprint density at radius 3 is 2.18 bits per heavy atom. The number of aromatic nitrogens is 4. The number of hydrogen-bond donors (Lipinski definition) is 1. The summed E-state index contributed by atoms with van der Waals surface area (Å²) >= 11 is 1.70. The van der Waals surface area contributed by atoms with E-state index in [-0.39, 0.29) is 0 Å². The third-order valence-electron chi connectivity index (χ3n) is 6.55. The third-order valence-corrected chi connectivity index (χ3v) is 7.49. The van der Waals surface area contributed by atoms with Crippen LogP contribution in [-0.4, -0.2) is 45.9 Å². The average molecular weight is 544 g/mol. The number of nitrogens with zero attached hydrogens (tertiary/aromatic N) is 4. The molecule has 0 unspecified atom stereocenters. The molecule has 5 rings (SSSR count). The molecule has 0 amide bonds. The standard InChI is InChI=1S/C30H33N5O3S/c1-19(2)39-30-33-32-29(35(30)21-12-8-7-9-13-21)27-23(22-14-10-11-15-24(22)34(27)3)18-31-20-16-25(36-4)28(38-6)26(17-20)37-5/h7-17,19,31H,18H2,1-6H3. The zero-order valence-corrected chi connectivity index (χ0v) is 23.9. The number of para-hydroxylation sites is 2. The van der Waals surface area contributed by atoms with Crippen molar-refractivity contribution in [1.82, 2.24) is 19.3 Å². The highest BCUT2D eigenvalue weighted by atomic mass is 32.2. The molecular weight excluding hydrogens is 510 g/mol. The molecule has 202 valence electrons. The molecule has 8 nitrogen and oxygen atoms in total. The number of nitrogens with one attached hydrogen (secondary N) is 1. The van der Waals surface area contributed by atoms with E-state index in [1.165, 1.54) is 0 Å². The minimum absolute atomic E-state index is 0.359. The molecule has 0 spiro atoms. The van der Waals surface area contributed by atoms with Gasteiger partial charge in [-0.1, -0.05) is 62.0 Å². The first-order chi connectivity index (χ1) is 19.0. The van der Waals surface area contributed by atoms with Gasteiger partial charge in [-0.3, -0.25) is 4.57 Å². The molecule has 39 heavy (non-hydrogen) atoms. The first-order valence-electron chi connectivity index (χ1n) is 12.7. The van der Waals surface area contributed by atoms with Crippen molar-refractivity contribution in [2.75, 3.05) is 26.6 Å². The van der Waals surface area contributed by atoms with Gasteiger partial charge in [0.1, 0.15) is 0 Å². The third kappa shape index (κ3) is 5.02. The highest BCUT2D eigenvalue weighted by Crippen LogP contribution is 2.41. The van der Waals surface area contributed by atoms with Crippen LogP contribution in [0.3, 0.4) is 0 Å². The number of anilines is 1. The summed E-state index contributed by atoms with van der Waals surface area (Å²) in [5, 5.41) is 15.3. The monoisotopic (exact) mass is 543 g/mol. The van der Waals surface area contributed by atoms with Crippen LogP contribution < -0.4 is 19.5 Å².